The van der Waals surface area contributed by atoms with Crippen molar-refractivity contribution >= 4 is 6.09 Å². The Morgan fingerprint density at radius 2 is 1.57 bits per heavy atom. The van der Waals surface area contributed by atoms with E-state index < -0.39 is 0 Å². The summed E-state index contributed by atoms with van der Waals surface area (Å²) >= 11 is 0. The van der Waals surface area contributed by atoms with E-state index >= 15 is 0 Å². The highest BCUT2D eigenvalue weighted by Gasteiger charge is 2.32. The molecule has 1 aromatic carbocycles. The summed E-state index contributed by atoms with van der Waals surface area (Å²) in [7, 11) is 0. The minimum absolute atomic E-state index is 0.116. The fourth-order valence-corrected chi connectivity index (χ4v) is 3.82. The normalized spacial score (nSPS) is 18.6. The maximum absolute atomic E-state index is 11.6. The molecule has 4 heteroatoms. The summed E-state index contributed by atoms with van der Waals surface area (Å²) in [6.45, 7) is 3.27. The second-order valence-electron chi connectivity index (χ2n) is 8.37. The van der Waals surface area contributed by atoms with Crippen LogP contribution in [0.2, 0.25) is 0 Å². The smallest absolute Gasteiger partial charge is 0.408 e. The van der Waals surface area contributed by atoms with E-state index in [-0.39, 0.29) is 18.2 Å². The molecule has 1 aliphatic rings. The number of hydrogen-bond acceptors (Lipinski definition) is 3. The monoisotopic (exact) mass is 415 g/mol. The van der Waals surface area contributed by atoms with E-state index in [0.717, 1.165) is 12.0 Å². The Hall–Kier alpha value is -1.81. The number of carbonyl (C=O) groups is 1. The number of unbranched alkanes of at least 4 members (excludes halogenated alkanes) is 11. The quantitative estimate of drug-likeness (QED) is 0.221. The number of ether oxygens (including phenoxy) is 2. The molecule has 30 heavy (non-hydrogen) atoms. The molecule has 1 aromatic rings. The van der Waals surface area contributed by atoms with Crippen molar-refractivity contribution < 1.29 is 14.3 Å². The van der Waals surface area contributed by atoms with Crippen LogP contribution in [0, 0.1) is 0 Å². The van der Waals surface area contributed by atoms with Crippen LogP contribution in [-0.4, -0.2) is 24.8 Å². The van der Waals surface area contributed by atoms with Crippen molar-refractivity contribution in [2.75, 3.05) is 6.61 Å². The molecule has 0 aliphatic carbocycles. The number of alkyl carbamates (subject to hydrolysis) is 1. The van der Waals surface area contributed by atoms with Crippen LogP contribution in [0.15, 0.2) is 42.5 Å². The summed E-state index contributed by atoms with van der Waals surface area (Å²) in [5.74, 6) is 0. The summed E-state index contributed by atoms with van der Waals surface area (Å²) < 4.78 is 11.1. The maximum atomic E-state index is 11.6. The second kappa shape index (κ2) is 16.0. The fourth-order valence-electron chi connectivity index (χ4n) is 3.82. The largest absolute Gasteiger partial charge is 0.440 e. The maximum Gasteiger partial charge on any atom is 0.408 e. The molecule has 0 saturated carbocycles. The van der Waals surface area contributed by atoms with E-state index in [1.807, 2.05) is 36.4 Å². The number of rotatable bonds is 17. The number of allylic oxidation sites excluding steroid dienone is 1. The van der Waals surface area contributed by atoms with Gasteiger partial charge in [0.25, 0.3) is 0 Å². The number of nitrogens with one attached hydrogen (secondary N) is 1. The Labute approximate surface area is 183 Å². The van der Waals surface area contributed by atoms with Gasteiger partial charge in [0.2, 0.25) is 0 Å². The molecule has 0 radical (unpaired) electrons. The third-order valence-electron chi connectivity index (χ3n) is 5.65. The third-order valence-corrected chi connectivity index (χ3v) is 5.65. The highest BCUT2D eigenvalue weighted by molar-refractivity contribution is 5.70. The number of benzene rings is 1. The van der Waals surface area contributed by atoms with Gasteiger partial charge in [-0.2, -0.15) is 0 Å². The average Bonchev–Trinajstić information content (AvgIpc) is 3.11. The number of amides is 1. The van der Waals surface area contributed by atoms with Crippen molar-refractivity contribution in [2.24, 2.45) is 0 Å². The standard InChI is InChI=1S/C26H41NO3/c1-2-3-4-5-6-7-8-9-10-11-12-13-17-20-25-24(27-26(28)30-25)22-29-21-23-18-15-14-16-19-23/h14-20,24-25H,2-13,21-22H2,1H3,(H,27,28)/b20-17+/t24-,25+/m0/s1. The van der Waals surface area contributed by atoms with Crippen LogP contribution in [0.25, 0.3) is 0 Å². The molecule has 1 saturated heterocycles. The van der Waals surface area contributed by atoms with Gasteiger partial charge >= 0.3 is 6.09 Å². The van der Waals surface area contributed by atoms with Crippen molar-refractivity contribution in [3.05, 3.63) is 48.0 Å². The summed E-state index contributed by atoms with van der Waals surface area (Å²) in [6.07, 6.45) is 19.6. The van der Waals surface area contributed by atoms with Crippen LogP contribution in [0.3, 0.4) is 0 Å². The Balaban J connectivity index is 1.49. The topological polar surface area (TPSA) is 47.6 Å². The van der Waals surface area contributed by atoms with Crippen LogP contribution in [0.1, 0.15) is 89.5 Å². The zero-order valence-corrected chi connectivity index (χ0v) is 18.8. The third kappa shape index (κ3) is 10.8. The first-order chi connectivity index (χ1) is 14.8. The molecular weight excluding hydrogens is 374 g/mol. The lowest BCUT2D eigenvalue weighted by Gasteiger charge is -2.14. The van der Waals surface area contributed by atoms with E-state index in [1.165, 1.54) is 70.6 Å². The van der Waals surface area contributed by atoms with Gasteiger partial charge in [-0.1, -0.05) is 108 Å². The van der Waals surface area contributed by atoms with E-state index in [4.69, 9.17) is 9.47 Å². The van der Waals surface area contributed by atoms with Gasteiger partial charge in [-0.15, -0.1) is 0 Å². The van der Waals surface area contributed by atoms with Gasteiger partial charge in [0, 0.05) is 0 Å². The van der Waals surface area contributed by atoms with Crippen molar-refractivity contribution in [2.45, 2.75) is 103 Å². The first kappa shape index (κ1) is 24.5. The summed E-state index contributed by atoms with van der Waals surface area (Å²) in [6, 6.07) is 9.95. The Kier molecular flexibility index (Phi) is 13.0. The molecule has 2 rings (SSSR count). The lowest BCUT2D eigenvalue weighted by molar-refractivity contribution is 0.0848. The Bertz CT molecular complexity index is 587. The molecular formula is C26H41NO3. The molecule has 1 N–H and O–H groups in total. The Morgan fingerprint density at radius 3 is 2.23 bits per heavy atom. The van der Waals surface area contributed by atoms with Gasteiger partial charge in [-0.25, -0.2) is 4.79 Å². The number of hydrogen-bond donors (Lipinski definition) is 1. The van der Waals surface area contributed by atoms with Crippen LogP contribution < -0.4 is 5.32 Å². The highest BCUT2D eigenvalue weighted by Crippen LogP contribution is 2.14. The van der Waals surface area contributed by atoms with E-state index in [9.17, 15) is 4.79 Å². The second-order valence-corrected chi connectivity index (χ2v) is 8.37. The lowest BCUT2D eigenvalue weighted by Crippen LogP contribution is -2.35. The van der Waals surface area contributed by atoms with Gasteiger partial charge in [0.05, 0.1) is 19.3 Å². The van der Waals surface area contributed by atoms with Crippen molar-refractivity contribution in [1.29, 1.82) is 0 Å². The number of cyclic esters (lactones) is 1. The summed E-state index contributed by atoms with van der Waals surface area (Å²) in [4.78, 5) is 11.6. The predicted octanol–water partition coefficient (Wildman–Crippen LogP) is 6.94. The molecule has 168 valence electrons. The van der Waals surface area contributed by atoms with E-state index in [2.05, 4.69) is 18.3 Å². The zero-order valence-electron chi connectivity index (χ0n) is 18.8. The molecule has 4 nitrogen and oxygen atoms in total. The summed E-state index contributed by atoms with van der Waals surface area (Å²) in [5.41, 5.74) is 1.13. The molecule has 2 atom stereocenters. The minimum Gasteiger partial charge on any atom is -0.440 e. The van der Waals surface area contributed by atoms with Crippen molar-refractivity contribution in [3.8, 4) is 0 Å². The van der Waals surface area contributed by atoms with Gasteiger partial charge in [-0.05, 0) is 24.5 Å². The van der Waals surface area contributed by atoms with Crippen molar-refractivity contribution in [3.63, 3.8) is 0 Å². The SMILES string of the molecule is CCCCCCCCCCCCC/C=C/[C@H]1OC(=O)N[C@H]1COCc1ccccc1. The van der Waals surface area contributed by atoms with Gasteiger partial charge in [-0.3, -0.25) is 0 Å². The molecule has 1 aliphatic heterocycles. The van der Waals surface area contributed by atoms with Crippen molar-refractivity contribution in [1.82, 2.24) is 5.32 Å². The lowest BCUT2D eigenvalue weighted by atomic mass is 10.0. The molecule has 1 amide bonds. The minimum atomic E-state index is -0.354. The summed E-state index contributed by atoms with van der Waals surface area (Å²) in [5, 5.41) is 2.85. The van der Waals surface area contributed by atoms with E-state index in [1.54, 1.807) is 0 Å². The predicted molar refractivity (Wildman–Crippen MR) is 124 cm³/mol. The average molecular weight is 416 g/mol. The molecule has 1 heterocycles. The molecule has 0 unspecified atom stereocenters. The molecule has 1 fully saturated rings. The van der Waals surface area contributed by atoms with E-state index in [0.29, 0.717) is 13.2 Å². The highest BCUT2D eigenvalue weighted by atomic mass is 16.6. The number of carbonyl (C=O) groups excluding carboxylic acids is 1. The fraction of sp³-hybridized carbons (Fsp3) is 0.654. The molecule has 0 aromatic heterocycles. The van der Waals surface area contributed by atoms with Gasteiger partial charge < -0.3 is 14.8 Å². The molecule has 0 bridgehead atoms. The van der Waals surface area contributed by atoms with Gasteiger partial charge in [0.1, 0.15) is 6.10 Å². The van der Waals surface area contributed by atoms with Crippen LogP contribution in [0.5, 0.6) is 0 Å². The van der Waals surface area contributed by atoms with Crippen LogP contribution in [-0.2, 0) is 16.1 Å². The van der Waals surface area contributed by atoms with Gasteiger partial charge in [0.15, 0.2) is 0 Å². The first-order valence-corrected chi connectivity index (χ1v) is 12.0. The van der Waals surface area contributed by atoms with Crippen LogP contribution >= 0.6 is 0 Å². The zero-order chi connectivity index (χ0) is 21.3. The first-order valence-electron chi connectivity index (χ1n) is 12.0. The molecule has 0 spiro atoms. The Morgan fingerprint density at radius 1 is 0.933 bits per heavy atom. The van der Waals surface area contributed by atoms with Crippen LogP contribution in [0.4, 0.5) is 4.79 Å².